The van der Waals surface area contributed by atoms with Crippen molar-refractivity contribution in [3.63, 3.8) is 0 Å². The summed E-state index contributed by atoms with van der Waals surface area (Å²) in [5, 5.41) is 11.6. The summed E-state index contributed by atoms with van der Waals surface area (Å²) in [6.45, 7) is 4.87. The van der Waals surface area contributed by atoms with Crippen molar-refractivity contribution in [3.05, 3.63) is 6.20 Å². The molecule has 21 heavy (non-hydrogen) atoms. The van der Waals surface area contributed by atoms with Gasteiger partial charge in [-0.1, -0.05) is 25.2 Å². The summed E-state index contributed by atoms with van der Waals surface area (Å²) in [6.07, 6.45) is 1.25. The second kappa shape index (κ2) is 6.96. The first kappa shape index (κ1) is 17.5. The molecule has 1 atom stereocenters. The number of amides is 1. The van der Waals surface area contributed by atoms with Gasteiger partial charge in [0.2, 0.25) is 5.91 Å². The van der Waals surface area contributed by atoms with E-state index in [9.17, 15) is 18.0 Å². The van der Waals surface area contributed by atoms with Gasteiger partial charge in [0.05, 0.1) is 6.20 Å². The van der Waals surface area contributed by atoms with Crippen LogP contribution >= 0.6 is 11.3 Å². The second-order valence-electron chi connectivity index (χ2n) is 4.81. The first-order valence-corrected chi connectivity index (χ1v) is 8.40. The Morgan fingerprint density at radius 1 is 1.43 bits per heavy atom. The zero-order valence-corrected chi connectivity index (χ0v) is 13.4. The molecule has 0 aliphatic heterocycles. The summed E-state index contributed by atoms with van der Waals surface area (Å²) in [5.74, 6) is -1.59. The number of aromatic nitrogens is 1. The lowest BCUT2D eigenvalue weighted by Crippen LogP contribution is -2.41. The number of carbonyl (C=O) groups excluding carboxylic acids is 1. The average molecular weight is 335 g/mol. The van der Waals surface area contributed by atoms with Gasteiger partial charge in [-0.2, -0.15) is 4.72 Å². The summed E-state index contributed by atoms with van der Waals surface area (Å²) in [6, 6.07) is -1.21. The molecule has 1 amide bonds. The highest BCUT2D eigenvalue weighted by Gasteiger charge is 2.27. The molecular weight excluding hydrogens is 318 g/mol. The number of carboxylic acid groups (broad SMARTS) is 1. The van der Waals surface area contributed by atoms with Crippen molar-refractivity contribution in [1.82, 2.24) is 9.71 Å². The third kappa shape index (κ3) is 5.40. The number of aliphatic carboxylic acids is 1. The highest BCUT2D eigenvalue weighted by Crippen LogP contribution is 2.23. The molecule has 10 heteroatoms. The van der Waals surface area contributed by atoms with Crippen LogP contribution in [-0.2, 0) is 19.6 Å². The van der Waals surface area contributed by atoms with Gasteiger partial charge in [-0.3, -0.25) is 9.59 Å². The Balaban J connectivity index is 2.91. The Bertz CT molecular complexity index is 624. The standard InChI is InChI=1S/C11H17N3O5S2/c1-6(2)4-8(10(16)17)14-21(18,19)9-5-12-11(20-9)13-7(3)15/h5-6,8,14H,4H2,1-3H3,(H,16,17)(H,12,13,15)/t8-/m0/s1. The fourth-order valence-electron chi connectivity index (χ4n) is 1.51. The van der Waals surface area contributed by atoms with E-state index >= 15 is 0 Å². The maximum absolute atomic E-state index is 12.1. The van der Waals surface area contributed by atoms with Gasteiger partial charge < -0.3 is 10.4 Å². The lowest BCUT2D eigenvalue weighted by Gasteiger charge is -2.15. The number of nitrogens with zero attached hydrogens (tertiary/aromatic N) is 1. The molecule has 1 rings (SSSR count). The number of hydrogen-bond donors (Lipinski definition) is 3. The minimum atomic E-state index is -3.99. The number of thiazole rings is 1. The summed E-state index contributed by atoms with van der Waals surface area (Å²) >= 11 is 0.754. The Hall–Kier alpha value is -1.52. The van der Waals surface area contributed by atoms with Crippen molar-refractivity contribution in [2.75, 3.05) is 5.32 Å². The van der Waals surface area contributed by atoms with E-state index in [1.54, 1.807) is 13.8 Å². The summed E-state index contributed by atoms with van der Waals surface area (Å²) < 4.78 is 26.2. The SMILES string of the molecule is CC(=O)Nc1ncc(S(=O)(=O)N[C@@H](CC(C)C)C(=O)O)s1. The molecule has 0 aliphatic rings. The number of anilines is 1. The molecule has 1 aromatic rings. The fourth-order valence-corrected chi connectivity index (χ4v) is 3.80. The van der Waals surface area contributed by atoms with Gasteiger partial charge in [-0.15, -0.1) is 0 Å². The van der Waals surface area contributed by atoms with E-state index in [2.05, 4.69) is 15.0 Å². The molecule has 0 aromatic carbocycles. The normalized spacial score (nSPS) is 13.1. The Kier molecular flexibility index (Phi) is 5.81. The van der Waals surface area contributed by atoms with Gasteiger partial charge in [0.15, 0.2) is 9.34 Å². The largest absolute Gasteiger partial charge is 0.480 e. The number of sulfonamides is 1. The predicted octanol–water partition coefficient (Wildman–Crippen LogP) is 0.879. The van der Waals surface area contributed by atoms with E-state index in [-0.39, 0.29) is 27.6 Å². The maximum atomic E-state index is 12.1. The Morgan fingerprint density at radius 3 is 2.52 bits per heavy atom. The van der Waals surface area contributed by atoms with E-state index in [0.717, 1.165) is 17.5 Å². The predicted molar refractivity (Wildman–Crippen MR) is 77.6 cm³/mol. The first-order valence-electron chi connectivity index (χ1n) is 6.10. The van der Waals surface area contributed by atoms with Crippen LogP contribution in [0.4, 0.5) is 5.13 Å². The van der Waals surface area contributed by atoms with Crippen LogP contribution in [0.25, 0.3) is 0 Å². The quantitative estimate of drug-likeness (QED) is 0.679. The molecule has 118 valence electrons. The molecule has 0 aliphatic carbocycles. The molecule has 0 unspecified atom stereocenters. The average Bonchev–Trinajstić information content (AvgIpc) is 2.75. The van der Waals surface area contributed by atoms with Crippen molar-refractivity contribution >= 4 is 38.4 Å². The van der Waals surface area contributed by atoms with Crippen LogP contribution in [0.5, 0.6) is 0 Å². The lowest BCUT2D eigenvalue weighted by atomic mass is 10.1. The number of nitrogens with one attached hydrogen (secondary N) is 2. The molecule has 0 fully saturated rings. The highest BCUT2D eigenvalue weighted by molar-refractivity contribution is 7.91. The third-order valence-corrected chi connectivity index (χ3v) is 5.18. The van der Waals surface area contributed by atoms with Crippen LogP contribution in [0.2, 0.25) is 0 Å². The van der Waals surface area contributed by atoms with Crippen molar-refractivity contribution < 1.29 is 23.1 Å². The van der Waals surface area contributed by atoms with Gasteiger partial charge in [-0.05, 0) is 12.3 Å². The molecule has 3 N–H and O–H groups in total. The number of rotatable bonds is 7. The van der Waals surface area contributed by atoms with Crippen LogP contribution in [0.1, 0.15) is 27.2 Å². The van der Waals surface area contributed by atoms with Crippen molar-refractivity contribution in [3.8, 4) is 0 Å². The molecule has 0 saturated heterocycles. The van der Waals surface area contributed by atoms with Gasteiger partial charge in [0.1, 0.15) is 6.04 Å². The second-order valence-corrected chi connectivity index (χ2v) is 7.78. The van der Waals surface area contributed by atoms with E-state index in [1.807, 2.05) is 0 Å². The smallest absolute Gasteiger partial charge is 0.321 e. The van der Waals surface area contributed by atoms with Crippen LogP contribution in [-0.4, -0.2) is 36.4 Å². The molecular formula is C11H17N3O5S2. The van der Waals surface area contributed by atoms with Crippen LogP contribution in [0.3, 0.4) is 0 Å². The Labute approximate surface area is 126 Å². The molecule has 0 saturated carbocycles. The lowest BCUT2D eigenvalue weighted by molar-refractivity contribution is -0.139. The molecule has 0 spiro atoms. The number of carbonyl (C=O) groups is 2. The Morgan fingerprint density at radius 2 is 2.05 bits per heavy atom. The summed E-state index contributed by atoms with van der Waals surface area (Å²) in [5.41, 5.74) is 0. The number of carboxylic acids is 1. The highest BCUT2D eigenvalue weighted by atomic mass is 32.2. The zero-order chi connectivity index (χ0) is 16.2. The van der Waals surface area contributed by atoms with Gasteiger partial charge in [0.25, 0.3) is 10.0 Å². The third-order valence-electron chi connectivity index (χ3n) is 2.33. The monoisotopic (exact) mass is 335 g/mol. The minimum absolute atomic E-state index is 0.0187. The van der Waals surface area contributed by atoms with Gasteiger partial charge in [0, 0.05) is 6.92 Å². The fraction of sp³-hybridized carbons (Fsp3) is 0.545. The van der Waals surface area contributed by atoms with E-state index < -0.39 is 22.0 Å². The molecule has 8 nitrogen and oxygen atoms in total. The van der Waals surface area contributed by atoms with Crippen molar-refractivity contribution in [1.29, 1.82) is 0 Å². The van der Waals surface area contributed by atoms with Crippen LogP contribution < -0.4 is 10.0 Å². The molecule has 1 heterocycles. The van der Waals surface area contributed by atoms with Crippen molar-refractivity contribution in [2.24, 2.45) is 5.92 Å². The van der Waals surface area contributed by atoms with E-state index in [1.165, 1.54) is 6.92 Å². The topological polar surface area (TPSA) is 125 Å². The van der Waals surface area contributed by atoms with E-state index in [4.69, 9.17) is 5.11 Å². The maximum Gasteiger partial charge on any atom is 0.321 e. The van der Waals surface area contributed by atoms with Crippen molar-refractivity contribution in [2.45, 2.75) is 37.4 Å². The van der Waals surface area contributed by atoms with Crippen LogP contribution in [0.15, 0.2) is 10.4 Å². The van der Waals surface area contributed by atoms with Gasteiger partial charge >= 0.3 is 5.97 Å². The molecule has 0 bridgehead atoms. The minimum Gasteiger partial charge on any atom is -0.480 e. The zero-order valence-electron chi connectivity index (χ0n) is 11.8. The first-order chi connectivity index (χ1) is 9.61. The molecule has 0 radical (unpaired) electrons. The van der Waals surface area contributed by atoms with E-state index in [0.29, 0.717) is 0 Å². The number of hydrogen-bond acceptors (Lipinski definition) is 6. The van der Waals surface area contributed by atoms with Crippen LogP contribution in [0, 0.1) is 5.92 Å². The van der Waals surface area contributed by atoms with Gasteiger partial charge in [-0.25, -0.2) is 13.4 Å². The summed E-state index contributed by atoms with van der Waals surface area (Å²) in [7, 11) is -3.99. The summed E-state index contributed by atoms with van der Waals surface area (Å²) in [4.78, 5) is 25.7. The molecule has 1 aromatic heterocycles.